The van der Waals surface area contributed by atoms with Crippen LogP contribution in [0.25, 0.3) is 0 Å². The number of carbonyl (C=O) groups excluding carboxylic acids is 1. The lowest BCUT2D eigenvalue weighted by atomic mass is 10.0. The van der Waals surface area contributed by atoms with Gasteiger partial charge in [0.05, 0.1) is 0 Å². The number of sulfonamides is 1. The van der Waals surface area contributed by atoms with Gasteiger partial charge in [0.15, 0.2) is 0 Å². The SMILES string of the molecule is CC(C)CC[C@@H](C)NC(=O)c1cc(S(=O)(=O)NC(C)C)cn1C. The molecule has 1 aromatic rings. The molecule has 0 fully saturated rings. The summed E-state index contributed by atoms with van der Waals surface area (Å²) < 4.78 is 28.4. The Balaban J connectivity index is 2.84. The standard InChI is InChI=1S/C16H29N3O3S/c1-11(2)7-8-13(5)17-16(20)15-9-14(10-19(15)6)23(21,22)18-12(3)4/h9-13,18H,7-8H2,1-6H3,(H,17,20)/t13-/m1/s1. The van der Waals surface area contributed by atoms with Crippen LogP contribution >= 0.6 is 0 Å². The van der Waals surface area contributed by atoms with Crippen LogP contribution < -0.4 is 10.0 Å². The fourth-order valence-electron chi connectivity index (χ4n) is 2.24. The van der Waals surface area contributed by atoms with Crippen molar-refractivity contribution in [2.45, 2.75) is 64.4 Å². The van der Waals surface area contributed by atoms with E-state index in [2.05, 4.69) is 23.9 Å². The maximum Gasteiger partial charge on any atom is 0.268 e. The highest BCUT2D eigenvalue weighted by atomic mass is 32.2. The Labute approximate surface area is 139 Å². The molecule has 0 saturated heterocycles. The van der Waals surface area contributed by atoms with Gasteiger partial charge in [-0.2, -0.15) is 0 Å². The van der Waals surface area contributed by atoms with Crippen molar-refractivity contribution >= 4 is 15.9 Å². The summed E-state index contributed by atoms with van der Waals surface area (Å²) in [4.78, 5) is 12.4. The third-order valence-corrected chi connectivity index (χ3v) is 5.09. The summed E-state index contributed by atoms with van der Waals surface area (Å²) in [6, 6.07) is 1.26. The number of rotatable bonds is 8. The molecule has 0 radical (unpaired) electrons. The van der Waals surface area contributed by atoms with Gasteiger partial charge < -0.3 is 9.88 Å². The molecule has 0 bridgehead atoms. The Morgan fingerprint density at radius 3 is 2.30 bits per heavy atom. The molecule has 7 heteroatoms. The zero-order chi connectivity index (χ0) is 17.8. The Bertz CT molecular complexity index is 633. The summed E-state index contributed by atoms with van der Waals surface area (Å²) in [5.41, 5.74) is 0.338. The summed E-state index contributed by atoms with van der Waals surface area (Å²) in [6.07, 6.45) is 3.39. The van der Waals surface area contributed by atoms with Gasteiger partial charge in [-0.05, 0) is 45.6 Å². The molecule has 1 aromatic heterocycles. The molecule has 23 heavy (non-hydrogen) atoms. The van der Waals surface area contributed by atoms with Crippen LogP contribution in [0.15, 0.2) is 17.2 Å². The van der Waals surface area contributed by atoms with E-state index in [1.807, 2.05) is 6.92 Å². The first-order chi connectivity index (χ1) is 10.5. The van der Waals surface area contributed by atoms with Crippen LogP contribution in [0.4, 0.5) is 0 Å². The van der Waals surface area contributed by atoms with E-state index in [9.17, 15) is 13.2 Å². The number of aromatic nitrogens is 1. The van der Waals surface area contributed by atoms with E-state index in [4.69, 9.17) is 0 Å². The summed E-state index contributed by atoms with van der Waals surface area (Å²) in [5.74, 6) is 0.331. The van der Waals surface area contributed by atoms with E-state index >= 15 is 0 Å². The highest BCUT2D eigenvalue weighted by molar-refractivity contribution is 7.89. The molecule has 0 aliphatic rings. The normalized spacial score (nSPS) is 13.6. The zero-order valence-corrected chi connectivity index (χ0v) is 15.7. The summed E-state index contributed by atoms with van der Waals surface area (Å²) >= 11 is 0. The van der Waals surface area contributed by atoms with Gasteiger partial charge in [0, 0.05) is 25.3 Å². The molecule has 0 saturated carbocycles. The largest absolute Gasteiger partial charge is 0.348 e. The Morgan fingerprint density at radius 2 is 1.78 bits per heavy atom. The van der Waals surface area contributed by atoms with E-state index in [-0.39, 0.29) is 22.9 Å². The second-order valence-corrected chi connectivity index (χ2v) is 8.51. The minimum atomic E-state index is -3.60. The molecule has 132 valence electrons. The lowest BCUT2D eigenvalue weighted by molar-refractivity contribution is 0.0929. The number of aryl methyl sites for hydroxylation is 1. The summed E-state index contributed by atoms with van der Waals surface area (Å²) in [6.45, 7) is 9.76. The van der Waals surface area contributed by atoms with Crippen molar-refractivity contribution in [2.24, 2.45) is 13.0 Å². The molecule has 0 aliphatic heterocycles. The lowest BCUT2D eigenvalue weighted by Crippen LogP contribution is -2.33. The predicted molar refractivity (Wildman–Crippen MR) is 91.9 cm³/mol. The monoisotopic (exact) mass is 343 g/mol. The fraction of sp³-hybridized carbons (Fsp3) is 0.688. The van der Waals surface area contributed by atoms with Crippen LogP contribution in [-0.2, 0) is 17.1 Å². The summed E-state index contributed by atoms with van der Waals surface area (Å²) in [5, 5.41) is 2.92. The summed E-state index contributed by atoms with van der Waals surface area (Å²) in [7, 11) is -1.93. The maximum absolute atomic E-state index is 12.3. The molecule has 1 atom stereocenters. The van der Waals surface area contributed by atoms with Crippen molar-refractivity contribution < 1.29 is 13.2 Å². The van der Waals surface area contributed by atoms with Crippen molar-refractivity contribution in [1.82, 2.24) is 14.6 Å². The molecule has 0 aromatic carbocycles. The maximum atomic E-state index is 12.3. The first-order valence-corrected chi connectivity index (χ1v) is 9.50. The molecule has 0 aliphatic carbocycles. The van der Waals surface area contributed by atoms with E-state index in [0.29, 0.717) is 11.6 Å². The van der Waals surface area contributed by atoms with Crippen LogP contribution in [0, 0.1) is 5.92 Å². The van der Waals surface area contributed by atoms with E-state index in [1.54, 1.807) is 25.5 Å². The van der Waals surface area contributed by atoms with Crippen molar-refractivity contribution in [3.63, 3.8) is 0 Å². The Morgan fingerprint density at radius 1 is 1.17 bits per heavy atom. The third kappa shape index (κ3) is 5.99. The van der Waals surface area contributed by atoms with Crippen LogP contribution in [0.3, 0.4) is 0 Å². The number of carbonyl (C=O) groups is 1. The molecule has 1 amide bonds. The first-order valence-electron chi connectivity index (χ1n) is 8.02. The van der Waals surface area contributed by atoms with Crippen LogP contribution in [0.5, 0.6) is 0 Å². The average molecular weight is 343 g/mol. The number of hydrogen-bond acceptors (Lipinski definition) is 3. The highest BCUT2D eigenvalue weighted by Crippen LogP contribution is 2.14. The van der Waals surface area contributed by atoms with E-state index in [1.165, 1.54) is 12.3 Å². The van der Waals surface area contributed by atoms with Gasteiger partial charge in [0.1, 0.15) is 10.6 Å². The number of amides is 1. The van der Waals surface area contributed by atoms with Gasteiger partial charge in [-0.3, -0.25) is 4.79 Å². The van der Waals surface area contributed by atoms with Gasteiger partial charge in [0.25, 0.3) is 5.91 Å². The molecular weight excluding hydrogens is 314 g/mol. The van der Waals surface area contributed by atoms with Gasteiger partial charge >= 0.3 is 0 Å². The third-order valence-electron chi connectivity index (χ3n) is 3.47. The predicted octanol–water partition coefficient (Wildman–Crippen LogP) is 2.27. The highest BCUT2D eigenvalue weighted by Gasteiger charge is 2.21. The number of nitrogens with one attached hydrogen (secondary N) is 2. The van der Waals surface area contributed by atoms with Gasteiger partial charge in [-0.25, -0.2) is 13.1 Å². The van der Waals surface area contributed by atoms with Crippen molar-refractivity contribution in [3.05, 3.63) is 18.0 Å². The van der Waals surface area contributed by atoms with Gasteiger partial charge in [0.2, 0.25) is 10.0 Å². The topological polar surface area (TPSA) is 80.2 Å². The number of hydrogen-bond donors (Lipinski definition) is 2. The van der Waals surface area contributed by atoms with Crippen molar-refractivity contribution in [1.29, 1.82) is 0 Å². The molecular formula is C16H29N3O3S. The van der Waals surface area contributed by atoms with Crippen LogP contribution in [-0.4, -0.2) is 31.0 Å². The minimum Gasteiger partial charge on any atom is -0.348 e. The Kier molecular flexibility index (Phi) is 6.83. The molecule has 1 heterocycles. The van der Waals surface area contributed by atoms with Crippen LogP contribution in [0.2, 0.25) is 0 Å². The Hall–Kier alpha value is -1.34. The first kappa shape index (κ1) is 19.7. The van der Waals surface area contributed by atoms with Crippen LogP contribution in [0.1, 0.15) is 57.9 Å². The van der Waals surface area contributed by atoms with Gasteiger partial charge in [-0.15, -0.1) is 0 Å². The number of nitrogens with zero attached hydrogens (tertiary/aromatic N) is 1. The minimum absolute atomic E-state index is 0.0497. The molecule has 6 nitrogen and oxygen atoms in total. The zero-order valence-electron chi connectivity index (χ0n) is 14.9. The molecule has 0 spiro atoms. The van der Waals surface area contributed by atoms with Crippen molar-refractivity contribution in [2.75, 3.05) is 0 Å². The quantitative estimate of drug-likeness (QED) is 0.760. The molecule has 2 N–H and O–H groups in total. The second kappa shape index (κ2) is 7.97. The van der Waals surface area contributed by atoms with Gasteiger partial charge in [-0.1, -0.05) is 13.8 Å². The molecule has 1 rings (SSSR count). The van der Waals surface area contributed by atoms with E-state index < -0.39 is 10.0 Å². The fourth-order valence-corrected chi connectivity index (χ4v) is 3.56. The smallest absolute Gasteiger partial charge is 0.268 e. The van der Waals surface area contributed by atoms with Crippen molar-refractivity contribution in [3.8, 4) is 0 Å². The lowest BCUT2D eigenvalue weighted by Gasteiger charge is -2.15. The molecule has 0 unspecified atom stereocenters. The average Bonchev–Trinajstić information content (AvgIpc) is 2.78. The second-order valence-electron chi connectivity index (χ2n) is 6.79. The van der Waals surface area contributed by atoms with E-state index in [0.717, 1.165) is 12.8 Å².